The van der Waals surface area contributed by atoms with Gasteiger partial charge in [0, 0.05) is 58.5 Å². The van der Waals surface area contributed by atoms with Gasteiger partial charge in [-0.2, -0.15) is 0 Å². The summed E-state index contributed by atoms with van der Waals surface area (Å²) in [5, 5.41) is 36.3. The lowest BCUT2D eigenvalue weighted by Gasteiger charge is -2.71. The van der Waals surface area contributed by atoms with Crippen LogP contribution in [0.4, 0.5) is 4.39 Å². The smallest absolute Gasteiger partial charge is 0.164 e. The molecule has 6 nitrogen and oxygen atoms in total. The highest BCUT2D eigenvalue weighted by molar-refractivity contribution is 6.31. The van der Waals surface area contributed by atoms with Crippen LogP contribution in [0, 0.1) is 62.5 Å². The number of aliphatic hydroxyl groups excluding tert-OH is 2. The molecule has 12 unspecified atom stereocenters. The monoisotopic (exact) mass is 813 g/mol. The van der Waals surface area contributed by atoms with Crippen molar-refractivity contribution in [3.63, 3.8) is 0 Å². The lowest BCUT2D eigenvalue weighted by atomic mass is 9.32. The van der Waals surface area contributed by atoms with Crippen LogP contribution in [0.25, 0.3) is 0 Å². The molecule has 2 spiro atoms. The summed E-state index contributed by atoms with van der Waals surface area (Å²) in [6.45, 7) is 11.9. The van der Waals surface area contributed by atoms with E-state index in [2.05, 4.69) is 50.8 Å². The zero-order valence-corrected chi connectivity index (χ0v) is 35.8. The summed E-state index contributed by atoms with van der Waals surface area (Å²) in [6.07, 6.45) is 14.5. The van der Waals surface area contributed by atoms with Crippen molar-refractivity contribution in [3.05, 3.63) is 94.3 Å². The molecule has 0 amide bonds. The summed E-state index contributed by atoms with van der Waals surface area (Å²) in [4.78, 5) is 17.3. The molecule has 2 aromatic rings. The summed E-state index contributed by atoms with van der Waals surface area (Å²) < 4.78 is 21.3. The minimum Gasteiger partial charge on any atom is -0.393 e. The molecular formula is C50H65ClFNO5. The number of rotatable bonds is 13. The van der Waals surface area contributed by atoms with E-state index in [1.165, 1.54) is 25.3 Å². The number of halogens is 2. The van der Waals surface area contributed by atoms with Crippen molar-refractivity contribution in [2.24, 2.45) is 56.7 Å². The molecular weight excluding hydrogens is 749 g/mol. The van der Waals surface area contributed by atoms with E-state index in [1.807, 2.05) is 30.3 Å². The number of ketones is 1. The molecule has 9 aliphatic carbocycles. The fourth-order valence-electron chi connectivity index (χ4n) is 14.9. The highest BCUT2D eigenvalue weighted by atomic mass is 35.5. The van der Waals surface area contributed by atoms with Gasteiger partial charge >= 0.3 is 0 Å². The quantitative estimate of drug-likeness (QED) is 0.175. The Morgan fingerprint density at radius 2 is 1.69 bits per heavy atom. The van der Waals surface area contributed by atoms with E-state index in [0.717, 1.165) is 55.7 Å². The van der Waals surface area contributed by atoms with Crippen LogP contribution in [-0.2, 0) is 22.6 Å². The van der Waals surface area contributed by atoms with Gasteiger partial charge in [0.2, 0.25) is 0 Å². The molecule has 6 fully saturated rings. The van der Waals surface area contributed by atoms with Crippen LogP contribution in [0.3, 0.4) is 0 Å². The van der Waals surface area contributed by atoms with Crippen LogP contribution < -0.4 is 0 Å². The second kappa shape index (κ2) is 14.6. The number of hydrogen-bond donors (Lipinski definition) is 3. The number of ether oxygens (including phenoxy) is 1. The van der Waals surface area contributed by atoms with Crippen molar-refractivity contribution < 1.29 is 29.2 Å². The second-order valence-electron chi connectivity index (χ2n) is 21.2. The lowest BCUT2D eigenvalue weighted by molar-refractivity contribution is -0.182. The maximum absolute atomic E-state index is 15.3. The van der Waals surface area contributed by atoms with Gasteiger partial charge in [-0.05, 0) is 122 Å². The number of Topliss-reactive ketones (excluding diaryl/α,β-unsaturated/α-hetero) is 1. The molecule has 4 bridgehead atoms. The minimum absolute atomic E-state index is 0.0183. The van der Waals surface area contributed by atoms with Crippen LogP contribution in [0.1, 0.15) is 103 Å². The predicted octanol–water partition coefficient (Wildman–Crippen LogP) is 9.13. The number of benzene rings is 2. The van der Waals surface area contributed by atoms with E-state index in [1.54, 1.807) is 12.1 Å². The average Bonchev–Trinajstić information content (AvgIpc) is 3.46. The fraction of sp³-hybridized carbons (Fsp3) is 0.660. The van der Waals surface area contributed by atoms with Crippen molar-refractivity contribution >= 4 is 17.4 Å². The maximum atomic E-state index is 15.3. The molecule has 11 rings (SSSR count). The van der Waals surface area contributed by atoms with Crippen molar-refractivity contribution in [2.45, 2.75) is 123 Å². The molecule has 314 valence electrons. The first-order chi connectivity index (χ1) is 27.6. The molecule has 2 aromatic carbocycles. The third-order valence-corrected chi connectivity index (χ3v) is 18.6. The van der Waals surface area contributed by atoms with Crippen LogP contribution in [-0.4, -0.2) is 70.1 Å². The summed E-state index contributed by atoms with van der Waals surface area (Å²) in [5.74, 6) is 1.48. The molecule has 8 heteroatoms. The number of hydrogen-bond acceptors (Lipinski definition) is 6. The molecule has 0 radical (unpaired) electrons. The van der Waals surface area contributed by atoms with Gasteiger partial charge in [-0.1, -0.05) is 93.9 Å². The molecule has 3 N–H and O–H groups in total. The van der Waals surface area contributed by atoms with E-state index in [-0.39, 0.29) is 46.6 Å². The number of carbonyl (C=O) groups excluding carboxylic acids is 1. The van der Waals surface area contributed by atoms with Crippen LogP contribution >= 0.6 is 11.6 Å². The summed E-state index contributed by atoms with van der Waals surface area (Å²) >= 11 is 6.54. The molecule has 0 saturated heterocycles. The Balaban J connectivity index is 1.03. The Hall–Kier alpha value is -2.39. The van der Waals surface area contributed by atoms with Gasteiger partial charge in [0.25, 0.3) is 0 Å². The zero-order chi connectivity index (χ0) is 40.9. The summed E-state index contributed by atoms with van der Waals surface area (Å²) in [5.41, 5.74) is -0.477. The zero-order valence-electron chi connectivity index (χ0n) is 35.1. The third-order valence-electron chi connectivity index (χ3n) is 18.3. The van der Waals surface area contributed by atoms with Gasteiger partial charge in [-0.25, -0.2) is 4.39 Å². The molecule has 0 heterocycles. The second-order valence-corrected chi connectivity index (χ2v) is 21.6. The maximum Gasteiger partial charge on any atom is 0.164 e. The van der Waals surface area contributed by atoms with Crippen molar-refractivity contribution in [1.82, 2.24) is 4.90 Å². The normalized spacial score (nSPS) is 41.0. The van der Waals surface area contributed by atoms with E-state index in [9.17, 15) is 20.1 Å². The summed E-state index contributed by atoms with van der Waals surface area (Å²) in [6, 6.07) is 14.6. The van der Waals surface area contributed by atoms with Gasteiger partial charge in [0.05, 0.1) is 31.0 Å². The number of aliphatic hydroxyl groups is 3. The number of allylic oxidation sites excluding steroid dienone is 4. The molecule has 0 aliphatic heterocycles. The topological polar surface area (TPSA) is 90.2 Å². The van der Waals surface area contributed by atoms with Gasteiger partial charge in [-0.3, -0.25) is 9.69 Å². The highest BCUT2D eigenvalue weighted by Crippen LogP contribution is 2.78. The minimum atomic E-state index is -1.05. The first kappa shape index (κ1) is 41.0. The van der Waals surface area contributed by atoms with Crippen LogP contribution in [0.5, 0.6) is 0 Å². The number of fused-ring (bicyclic) bond motifs is 3. The Bertz CT molecular complexity index is 1950. The predicted molar refractivity (Wildman–Crippen MR) is 225 cm³/mol. The van der Waals surface area contributed by atoms with Crippen molar-refractivity contribution in [1.29, 1.82) is 0 Å². The van der Waals surface area contributed by atoms with E-state index < -0.39 is 39.9 Å². The van der Waals surface area contributed by atoms with Gasteiger partial charge in [-0.15, -0.1) is 0 Å². The Morgan fingerprint density at radius 3 is 2.43 bits per heavy atom. The van der Waals surface area contributed by atoms with Gasteiger partial charge < -0.3 is 20.1 Å². The largest absolute Gasteiger partial charge is 0.393 e. The average molecular weight is 815 g/mol. The first-order valence-corrected chi connectivity index (χ1v) is 22.8. The molecule has 12 atom stereocenters. The van der Waals surface area contributed by atoms with Gasteiger partial charge in [0.15, 0.2) is 5.78 Å². The Morgan fingerprint density at radius 1 is 0.948 bits per heavy atom. The molecule has 58 heavy (non-hydrogen) atoms. The third kappa shape index (κ3) is 6.21. The lowest BCUT2D eigenvalue weighted by Crippen LogP contribution is -2.67. The van der Waals surface area contributed by atoms with Gasteiger partial charge in [0.1, 0.15) is 5.82 Å². The number of carbonyl (C=O) groups is 1. The van der Waals surface area contributed by atoms with E-state index in [4.69, 9.17) is 16.3 Å². The van der Waals surface area contributed by atoms with E-state index >= 15 is 4.39 Å². The number of nitrogens with zero attached hydrogens (tertiary/aromatic N) is 1. The SMILES string of the molecule is CC1(C)C2CCC(CN(CC(O)COCc3ccccc3)CC3(O)CCC4C56C=CC7(C=C5C(=O)Cc5c(F)cccc5Cl)CC(O)CCC7(C)C6CCC43C)C1C2. The molecule has 9 aliphatic rings. The standard InChI is InChI=1S/C50H65ClFNO5/c1-45(2)34-14-13-33(38(45)23-34)27-53(28-36(55)30-58-29-32-9-6-5-7-10-32)31-49(57)20-17-44-47(49,4)19-16-43-46(3)18-15-35(54)25-48(46)21-22-50(43,44)39(26-48)42(56)24-37-40(51)11-8-12-41(37)52/h5-12,21-22,26,33-36,38,43-44,54-55,57H,13-20,23-25,27-31H2,1-4H3. The van der Waals surface area contributed by atoms with E-state index in [0.29, 0.717) is 49.8 Å². The summed E-state index contributed by atoms with van der Waals surface area (Å²) in [7, 11) is 0. The fourth-order valence-corrected chi connectivity index (χ4v) is 15.2. The van der Waals surface area contributed by atoms with Crippen LogP contribution in [0.2, 0.25) is 5.02 Å². The Kier molecular flexibility index (Phi) is 10.3. The Labute approximate surface area is 350 Å². The van der Waals surface area contributed by atoms with Crippen LogP contribution in [0.15, 0.2) is 72.3 Å². The highest BCUT2D eigenvalue weighted by Gasteiger charge is 2.74. The van der Waals surface area contributed by atoms with Crippen molar-refractivity contribution in [2.75, 3.05) is 26.2 Å². The molecule has 6 saturated carbocycles. The first-order valence-electron chi connectivity index (χ1n) is 22.4. The molecule has 0 aromatic heterocycles. The van der Waals surface area contributed by atoms with Crippen molar-refractivity contribution in [3.8, 4) is 0 Å².